The van der Waals surface area contributed by atoms with E-state index in [0.29, 0.717) is 35.3 Å². The van der Waals surface area contributed by atoms with Gasteiger partial charge in [-0.15, -0.1) is 0 Å². The molecule has 7 N–H and O–H groups in total. The van der Waals surface area contributed by atoms with Gasteiger partial charge in [0.05, 0.1) is 5.56 Å². The highest BCUT2D eigenvalue weighted by atomic mass is 16.7. The Bertz CT molecular complexity index is 2460. The summed E-state index contributed by atoms with van der Waals surface area (Å²) in [4.78, 5) is 29.8. The van der Waals surface area contributed by atoms with Crippen LogP contribution < -0.4 is 14.2 Å². The molecule has 0 aromatic heterocycles. The molecule has 4 aromatic carbocycles. The van der Waals surface area contributed by atoms with Gasteiger partial charge in [-0.05, 0) is 89.8 Å². The minimum atomic E-state index is -2.74. The Balaban J connectivity index is 1.31. The highest BCUT2D eigenvalue weighted by Crippen LogP contribution is 2.61. The van der Waals surface area contributed by atoms with Gasteiger partial charge in [0.15, 0.2) is 5.78 Å². The Labute approximate surface area is 328 Å². The van der Waals surface area contributed by atoms with Crippen molar-refractivity contribution in [3.05, 3.63) is 111 Å². The van der Waals surface area contributed by atoms with E-state index in [1.54, 1.807) is 25.1 Å². The van der Waals surface area contributed by atoms with Crippen LogP contribution in [0.2, 0.25) is 0 Å². The number of phenolic OH excluding ortho intramolecular Hbond substituents is 6. The summed E-state index contributed by atoms with van der Waals surface area (Å²) < 4.78 is 18.5. The summed E-state index contributed by atoms with van der Waals surface area (Å²) in [7, 11) is 0. The molecule has 1 aliphatic carbocycles. The molecule has 0 bridgehead atoms. The lowest BCUT2D eigenvalue weighted by Gasteiger charge is -2.43. The Kier molecular flexibility index (Phi) is 8.58. The second-order valence-corrected chi connectivity index (χ2v) is 16.5. The van der Waals surface area contributed by atoms with Crippen molar-refractivity contribution in [2.75, 3.05) is 0 Å². The van der Waals surface area contributed by atoms with Crippen molar-refractivity contribution >= 4 is 11.6 Å². The average Bonchev–Trinajstić information content (AvgIpc) is 3.37. The first-order valence-electron chi connectivity index (χ1n) is 18.8. The summed E-state index contributed by atoms with van der Waals surface area (Å²) in [5, 5.41) is 79.7. The Morgan fingerprint density at radius 2 is 1.56 bits per heavy atom. The van der Waals surface area contributed by atoms with E-state index >= 15 is 4.79 Å². The van der Waals surface area contributed by atoms with Crippen LogP contribution in [0.4, 0.5) is 0 Å². The first-order valence-corrected chi connectivity index (χ1v) is 18.8. The number of Topliss-reactive ketones (excluding diaryl/α,β-unsaturated/α-hetero) is 2. The molecule has 0 fully saturated rings. The van der Waals surface area contributed by atoms with Gasteiger partial charge >= 0.3 is 5.79 Å². The fourth-order valence-corrected chi connectivity index (χ4v) is 9.05. The van der Waals surface area contributed by atoms with Crippen LogP contribution in [0.5, 0.6) is 51.7 Å². The molecule has 3 heterocycles. The van der Waals surface area contributed by atoms with E-state index in [9.17, 15) is 40.5 Å². The molecule has 0 amide bonds. The van der Waals surface area contributed by atoms with Crippen molar-refractivity contribution in [1.29, 1.82) is 0 Å². The van der Waals surface area contributed by atoms with E-state index in [1.165, 1.54) is 36.4 Å². The van der Waals surface area contributed by atoms with Gasteiger partial charge in [-0.2, -0.15) is 0 Å². The van der Waals surface area contributed by atoms with Crippen LogP contribution in [0, 0.1) is 5.92 Å². The highest BCUT2D eigenvalue weighted by Gasteiger charge is 2.70. The van der Waals surface area contributed by atoms with Gasteiger partial charge in [0.25, 0.3) is 0 Å². The summed E-state index contributed by atoms with van der Waals surface area (Å²) in [5.74, 6) is -9.73. The zero-order chi connectivity index (χ0) is 40.9. The zero-order valence-electron chi connectivity index (χ0n) is 32.1. The van der Waals surface area contributed by atoms with Gasteiger partial charge in [0.1, 0.15) is 62.9 Å². The number of fused-ring (bicyclic) bond motifs is 5. The lowest BCUT2D eigenvalue weighted by molar-refractivity contribution is -0.201. The maximum Gasteiger partial charge on any atom is 0.318 e. The third-order valence-electron chi connectivity index (χ3n) is 11.8. The molecule has 12 nitrogen and oxygen atoms in total. The molecule has 4 aliphatic rings. The Morgan fingerprint density at radius 1 is 0.842 bits per heavy atom. The van der Waals surface area contributed by atoms with Crippen LogP contribution in [0.3, 0.4) is 0 Å². The standard InChI is InChI=1S/C45H44O12/c1-21(2)12-15-44-30-10-7-24(47)19-34(30)57-45(44,54)42(53)38-35(56-44)20-32(49)37(41(38)52)29-17-22(3)16-28(25-8-6-23(46)18-31(25)48)36(29)40(51)27-9-11-33-26(39(27)50)13-14-43(4,5)55-33/h6-12,17-20,28-29,36,46-50,52,54H,13-16H2,1-5H3/t28-,29+,36-,44-,45-/m1/s1. The molecule has 0 saturated heterocycles. The first-order chi connectivity index (χ1) is 26.9. The zero-order valence-corrected chi connectivity index (χ0v) is 32.1. The molecule has 0 saturated carbocycles. The predicted octanol–water partition coefficient (Wildman–Crippen LogP) is 7.65. The normalized spacial score (nSPS) is 25.3. The SMILES string of the molecule is CC(C)=CC[C@]12Oc3cc(O)c([C@H]4C=C(C)C[C@H](c5ccc(O)cc5O)[C@H]4C(=O)c4ccc5c(c4O)CCC(C)(C)O5)c(O)c3C(=O)[C@@]1(O)Oc1cc(O)ccc12. The summed E-state index contributed by atoms with van der Waals surface area (Å²) in [6.45, 7) is 9.30. The fourth-order valence-electron chi connectivity index (χ4n) is 9.05. The molecule has 0 radical (unpaired) electrons. The summed E-state index contributed by atoms with van der Waals surface area (Å²) in [6, 6.07) is 12.4. The van der Waals surface area contributed by atoms with Gasteiger partial charge < -0.3 is 50.0 Å². The van der Waals surface area contributed by atoms with Gasteiger partial charge in [-0.3, -0.25) is 9.59 Å². The Hall–Kier alpha value is -6.14. The molecule has 4 aromatic rings. The van der Waals surface area contributed by atoms with E-state index in [1.807, 2.05) is 27.7 Å². The number of allylic oxidation sites excluding steroid dienone is 3. The van der Waals surface area contributed by atoms with E-state index in [-0.39, 0.29) is 64.0 Å². The monoisotopic (exact) mass is 776 g/mol. The largest absolute Gasteiger partial charge is 0.508 e. The van der Waals surface area contributed by atoms with Crippen molar-refractivity contribution in [1.82, 2.24) is 0 Å². The summed E-state index contributed by atoms with van der Waals surface area (Å²) >= 11 is 0. The third-order valence-corrected chi connectivity index (χ3v) is 11.8. The van der Waals surface area contributed by atoms with E-state index in [2.05, 4.69) is 0 Å². The second-order valence-electron chi connectivity index (χ2n) is 16.5. The van der Waals surface area contributed by atoms with E-state index in [4.69, 9.17) is 14.2 Å². The topological polar surface area (TPSA) is 203 Å². The van der Waals surface area contributed by atoms with Crippen LogP contribution in [0.25, 0.3) is 0 Å². The molecule has 0 spiro atoms. The molecule has 0 unspecified atom stereocenters. The predicted molar refractivity (Wildman–Crippen MR) is 207 cm³/mol. The number of phenols is 6. The average molecular weight is 777 g/mol. The number of benzene rings is 4. The van der Waals surface area contributed by atoms with Gasteiger partial charge in [-0.1, -0.05) is 29.4 Å². The first kappa shape index (κ1) is 37.8. The maximum absolute atomic E-state index is 15.1. The van der Waals surface area contributed by atoms with Crippen LogP contribution >= 0.6 is 0 Å². The molecule has 5 atom stereocenters. The fraction of sp³-hybridized carbons (Fsp3) is 0.333. The number of rotatable bonds is 6. The third kappa shape index (κ3) is 5.76. The lowest BCUT2D eigenvalue weighted by atomic mass is 9.64. The molecular formula is C45H44O12. The van der Waals surface area contributed by atoms with E-state index in [0.717, 1.165) is 17.7 Å². The quantitative estimate of drug-likeness (QED) is 0.0746. The highest BCUT2D eigenvalue weighted by molar-refractivity contribution is 6.09. The van der Waals surface area contributed by atoms with Gasteiger partial charge in [-0.25, -0.2) is 0 Å². The van der Waals surface area contributed by atoms with Crippen LogP contribution in [-0.4, -0.2) is 58.7 Å². The second kappa shape index (κ2) is 13.0. The van der Waals surface area contributed by atoms with Crippen LogP contribution in [0.15, 0.2) is 77.9 Å². The van der Waals surface area contributed by atoms with Crippen molar-refractivity contribution in [3.63, 3.8) is 0 Å². The minimum absolute atomic E-state index is 0.0170. The Morgan fingerprint density at radius 3 is 2.28 bits per heavy atom. The number of aliphatic hydroxyl groups is 1. The number of ketones is 2. The molecule has 3 aliphatic heterocycles. The number of carbonyl (C=O) groups is 2. The van der Waals surface area contributed by atoms with Gasteiger partial charge in [0.2, 0.25) is 11.4 Å². The number of carbonyl (C=O) groups excluding carboxylic acids is 2. The number of ether oxygens (including phenoxy) is 3. The maximum atomic E-state index is 15.1. The van der Waals surface area contributed by atoms with Gasteiger partial charge in [0, 0.05) is 59.1 Å². The summed E-state index contributed by atoms with van der Waals surface area (Å²) in [6.07, 6.45) is 4.61. The van der Waals surface area contributed by atoms with Crippen molar-refractivity contribution in [2.24, 2.45) is 5.92 Å². The number of hydrogen-bond donors (Lipinski definition) is 7. The molecular weight excluding hydrogens is 732 g/mol. The lowest BCUT2D eigenvalue weighted by Crippen LogP contribution is -2.62. The van der Waals surface area contributed by atoms with Crippen LogP contribution in [0.1, 0.15) is 109 Å². The smallest absolute Gasteiger partial charge is 0.318 e. The van der Waals surface area contributed by atoms with E-state index < -0.39 is 63.4 Å². The van der Waals surface area contributed by atoms with Crippen LogP contribution in [-0.2, 0) is 12.0 Å². The van der Waals surface area contributed by atoms with Crippen molar-refractivity contribution < 1.29 is 59.5 Å². The minimum Gasteiger partial charge on any atom is -0.508 e. The molecule has 8 rings (SSSR count). The number of hydrogen-bond acceptors (Lipinski definition) is 12. The molecule has 296 valence electrons. The number of aromatic hydroxyl groups is 6. The van der Waals surface area contributed by atoms with Crippen molar-refractivity contribution in [2.45, 2.75) is 89.1 Å². The molecule has 12 heteroatoms. The van der Waals surface area contributed by atoms with Crippen molar-refractivity contribution in [3.8, 4) is 51.7 Å². The molecule has 57 heavy (non-hydrogen) atoms. The summed E-state index contributed by atoms with van der Waals surface area (Å²) in [5.41, 5.74) is -0.594.